The van der Waals surface area contributed by atoms with Gasteiger partial charge >= 0.3 is 0 Å². The molecule has 0 bridgehead atoms. The number of hydrogen-bond acceptors (Lipinski definition) is 5. The van der Waals surface area contributed by atoms with Crippen LogP contribution in [0.15, 0.2) is 4.99 Å². The average Bonchev–Trinajstić information content (AvgIpc) is 2.58. The molecule has 0 aromatic heterocycles. The van der Waals surface area contributed by atoms with E-state index in [4.69, 9.17) is 9.73 Å². The van der Waals surface area contributed by atoms with E-state index in [0.29, 0.717) is 31.0 Å². The quantitative estimate of drug-likeness (QED) is 0.266. The lowest BCUT2D eigenvalue weighted by Gasteiger charge is -2.38. The van der Waals surface area contributed by atoms with Crippen LogP contribution in [0.2, 0.25) is 0 Å². The molecule has 1 aliphatic heterocycles. The maximum absolute atomic E-state index is 11.3. The predicted molar refractivity (Wildman–Crippen MR) is 119 cm³/mol. The van der Waals surface area contributed by atoms with Crippen LogP contribution in [0, 0.1) is 5.92 Å². The summed E-state index contributed by atoms with van der Waals surface area (Å²) in [5, 5.41) is 6.33. The molecule has 1 fully saturated rings. The zero-order chi connectivity index (χ0) is 18.7. The van der Waals surface area contributed by atoms with Crippen LogP contribution < -0.4 is 10.6 Å². The summed E-state index contributed by atoms with van der Waals surface area (Å²) in [7, 11) is -2.97. The molecule has 1 saturated heterocycles. The van der Waals surface area contributed by atoms with Gasteiger partial charge in [0.15, 0.2) is 5.96 Å². The first-order valence-corrected chi connectivity index (χ1v) is 11.5. The third-order valence-corrected chi connectivity index (χ3v) is 5.60. The highest BCUT2D eigenvalue weighted by Crippen LogP contribution is 2.20. The van der Waals surface area contributed by atoms with Crippen LogP contribution in [0.4, 0.5) is 0 Å². The van der Waals surface area contributed by atoms with Gasteiger partial charge in [-0.3, -0.25) is 9.89 Å². The molecule has 0 aromatic carbocycles. The smallest absolute Gasteiger partial charge is 0.191 e. The molecule has 0 saturated carbocycles. The van der Waals surface area contributed by atoms with E-state index in [0.717, 1.165) is 45.7 Å². The van der Waals surface area contributed by atoms with Gasteiger partial charge in [-0.15, -0.1) is 24.0 Å². The zero-order valence-corrected chi connectivity index (χ0v) is 19.8. The second-order valence-corrected chi connectivity index (χ2v) is 8.83. The van der Waals surface area contributed by atoms with Gasteiger partial charge in [0.1, 0.15) is 9.84 Å². The van der Waals surface area contributed by atoms with Crippen LogP contribution >= 0.6 is 24.0 Å². The van der Waals surface area contributed by atoms with E-state index in [1.807, 2.05) is 6.92 Å². The van der Waals surface area contributed by atoms with Gasteiger partial charge in [-0.2, -0.15) is 0 Å². The van der Waals surface area contributed by atoms with Gasteiger partial charge in [0.05, 0.1) is 25.5 Å². The van der Waals surface area contributed by atoms with Crippen molar-refractivity contribution in [3.63, 3.8) is 0 Å². The number of rotatable bonds is 10. The molecule has 1 unspecified atom stereocenters. The minimum absolute atomic E-state index is 0. The van der Waals surface area contributed by atoms with Crippen molar-refractivity contribution < 1.29 is 13.2 Å². The van der Waals surface area contributed by atoms with Crippen molar-refractivity contribution in [2.24, 2.45) is 10.9 Å². The van der Waals surface area contributed by atoms with Gasteiger partial charge in [0.25, 0.3) is 0 Å². The summed E-state index contributed by atoms with van der Waals surface area (Å²) >= 11 is 0. The molecule has 2 N–H and O–H groups in total. The monoisotopic (exact) mass is 504 g/mol. The Labute approximate surface area is 176 Å². The summed E-state index contributed by atoms with van der Waals surface area (Å²) in [6, 6.07) is 0.393. The molecule has 26 heavy (non-hydrogen) atoms. The van der Waals surface area contributed by atoms with Crippen LogP contribution in [0.25, 0.3) is 0 Å². The van der Waals surface area contributed by atoms with Crippen molar-refractivity contribution in [3.8, 4) is 0 Å². The zero-order valence-electron chi connectivity index (χ0n) is 16.7. The van der Waals surface area contributed by atoms with E-state index in [2.05, 4.69) is 29.4 Å². The van der Waals surface area contributed by atoms with E-state index >= 15 is 0 Å². The van der Waals surface area contributed by atoms with Gasteiger partial charge in [0, 0.05) is 38.5 Å². The molecule has 7 nitrogen and oxygen atoms in total. The number of aliphatic imine (C=N–C) groups is 1. The summed E-state index contributed by atoms with van der Waals surface area (Å²) in [5.41, 5.74) is 0. The van der Waals surface area contributed by atoms with Crippen LogP contribution in [-0.2, 0) is 14.6 Å². The number of nitrogens with one attached hydrogen (secondary N) is 2. The highest BCUT2D eigenvalue weighted by Gasteiger charge is 2.26. The van der Waals surface area contributed by atoms with Crippen LogP contribution in [0.3, 0.4) is 0 Å². The number of morpholine rings is 1. The SMILES string of the molecule is CCNC(=NCC(C(CC)CC)N1CCOCC1)NCCS(C)(=O)=O.I. The van der Waals surface area contributed by atoms with Gasteiger partial charge in [-0.25, -0.2) is 8.42 Å². The summed E-state index contributed by atoms with van der Waals surface area (Å²) in [6.07, 6.45) is 3.51. The summed E-state index contributed by atoms with van der Waals surface area (Å²) in [6.45, 7) is 11.8. The Balaban J connectivity index is 0.00000625. The maximum Gasteiger partial charge on any atom is 0.191 e. The van der Waals surface area contributed by atoms with Gasteiger partial charge in [0.2, 0.25) is 0 Å². The molecule has 1 heterocycles. The van der Waals surface area contributed by atoms with Gasteiger partial charge in [-0.1, -0.05) is 26.7 Å². The highest BCUT2D eigenvalue weighted by atomic mass is 127. The standard InChI is InChI=1S/C17H36N4O3S.HI/c1-5-15(6-2)16(21-9-11-24-12-10-21)14-20-17(18-7-3)19-8-13-25(4,22)23;/h15-16H,5-14H2,1-4H3,(H2,18,19,20);1H. The minimum atomic E-state index is -2.97. The Morgan fingerprint density at radius 2 is 1.77 bits per heavy atom. The topological polar surface area (TPSA) is 83.0 Å². The Morgan fingerprint density at radius 1 is 1.15 bits per heavy atom. The Morgan fingerprint density at radius 3 is 2.27 bits per heavy atom. The molecule has 0 spiro atoms. The molecule has 0 aromatic rings. The van der Waals surface area contributed by atoms with Crippen LogP contribution in [0.1, 0.15) is 33.6 Å². The summed E-state index contributed by atoms with van der Waals surface area (Å²) in [5.74, 6) is 1.40. The molecule has 0 aliphatic carbocycles. The van der Waals surface area contributed by atoms with Gasteiger partial charge in [-0.05, 0) is 12.8 Å². The molecule has 1 aliphatic rings. The first-order chi connectivity index (χ1) is 11.9. The normalized spacial score (nSPS) is 17.7. The number of ether oxygens (including phenoxy) is 1. The third-order valence-electron chi connectivity index (χ3n) is 4.65. The molecule has 156 valence electrons. The molecule has 1 rings (SSSR count). The van der Waals surface area contributed by atoms with E-state index in [1.54, 1.807) is 0 Å². The predicted octanol–water partition coefficient (Wildman–Crippen LogP) is 1.34. The Hall–Kier alpha value is -0.130. The first-order valence-electron chi connectivity index (χ1n) is 9.42. The fourth-order valence-corrected chi connectivity index (χ4v) is 3.66. The summed E-state index contributed by atoms with van der Waals surface area (Å²) < 4.78 is 28.1. The van der Waals surface area contributed by atoms with Crippen molar-refractivity contribution >= 4 is 39.8 Å². The van der Waals surface area contributed by atoms with Crippen LogP contribution in [-0.4, -0.2) is 83.3 Å². The maximum atomic E-state index is 11.3. The van der Waals surface area contributed by atoms with E-state index < -0.39 is 9.84 Å². The third kappa shape index (κ3) is 10.3. The van der Waals surface area contributed by atoms with E-state index in [1.165, 1.54) is 6.26 Å². The fraction of sp³-hybridized carbons (Fsp3) is 0.941. The molecule has 0 radical (unpaired) electrons. The molecular weight excluding hydrogens is 467 g/mol. The number of guanidine groups is 1. The first kappa shape index (κ1) is 25.9. The average molecular weight is 504 g/mol. The number of nitrogens with zero attached hydrogens (tertiary/aromatic N) is 2. The second-order valence-electron chi connectivity index (χ2n) is 6.57. The van der Waals surface area contributed by atoms with Crippen molar-refractivity contribution in [2.45, 2.75) is 39.7 Å². The van der Waals surface area contributed by atoms with E-state index in [-0.39, 0.29) is 29.7 Å². The highest BCUT2D eigenvalue weighted by molar-refractivity contribution is 14.0. The fourth-order valence-electron chi connectivity index (χ4n) is 3.19. The molecule has 9 heteroatoms. The van der Waals surface area contributed by atoms with Crippen molar-refractivity contribution in [1.82, 2.24) is 15.5 Å². The molecule has 1 atom stereocenters. The number of sulfone groups is 1. The Bertz CT molecular complexity index is 492. The lowest BCUT2D eigenvalue weighted by molar-refractivity contribution is 0.00395. The van der Waals surface area contributed by atoms with Gasteiger partial charge < -0.3 is 15.4 Å². The molecule has 0 amide bonds. The Kier molecular flexibility index (Phi) is 13.9. The number of hydrogen-bond donors (Lipinski definition) is 2. The lowest BCUT2D eigenvalue weighted by Crippen LogP contribution is -2.49. The largest absolute Gasteiger partial charge is 0.379 e. The summed E-state index contributed by atoms with van der Waals surface area (Å²) in [4.78, 5) is 7.23. The molecular formula is C17H37IN4O3S. The van der Waals surface area contributed by atoms with Crippen LogP contribution in [0.5, 0.6) is 0 Å². The van der Waals surface area contributed by atoms with Crippen molar-refractivity contribution in [1.29, 1.82) is 0 Å². The minimum Gasteiger partial charge on any atom is -0.379 e. The lowest BCUT2D eigenvalue weighted by atomic mass is 9.92. The van der Waals surface area contributed by atoms with Crippen molar-refractivity contribution in [2.75, 3.05) is 57.9 Å². The number of halogens is 1. The second kappa shape index (κ2) is 14.0. The van der Waals surface area contributed by atoms with Crippen molar-refractivity contribution in [3.05, 3.63) is 0 Å². The van der Waals surface area contributed by atoms with E-state index in [9.17, 15) is 8.42 Å².